The van der Waals surface area contributed by atoms with E-state index in [-0.39, 0.29) is 38.4 Å². The number of benzene rings is 2. The van der Waals surface area contributed by atoms with Crippen LogP contribution in [0.15, 0.2) is 71.1 Å². The van der Waals surface area contributed by atoms with Crippen molar-refractivity contribution in [3.8, 4) is 17.3 Å². The van der Waals surface area contributed by atoms with Crippen LogP contribution in [0, 0.1) is 0 Å². The van der Waals surface area contributed by atoms with E-state index in [1.165, 1.54) is 0 Å². The highest BCUT2D eigenvalue weighted by atomic mass is 19.4. The fraction of sp³-hybridized carbons (Fsp3) is 0.333. The summed E-state index contributed by atoms with van der Waals surface area (Å²) >= 11 is 0. The van der Waals surface area contributed by atoms with Crippen molar-refractivity contribution in [2.45, 2.75) is 37.6 Å². The van der Waals surface area contributed by atoms with Crippen LogP contribution in [-0.2, 0) is 23.4 Å². The molecule has 2 aromatic carbocycles. The zero-order chi connectivity index (χ0) is 26.6. The van der Waals surface area contributed by atoms with Gasteiger partial charge in [-0.05, 0) is 48.2 Å². The Labute approximate surface area is 217 Å². The molecule has 1 aliphatic rings. The average molecular weight is 526 g/mol. The smallest absolute Gasteiger partial charge is 0.398 e. The van der Waals surface area contributed by atoms with Crippen molar-refractivity contribution in [3.63, 3.8) is 0 Å². The third-order valence-electron chi connectivity index (χ3n) is 6.80. The third-order valence-corrected chi connectivity index (χ3v) is 6.80. The topological polar surface area (TPSA) is 86.4 Å². The molecule has 11 heteroatoms. The average Bonchev–Trinajstić information content (AvgIpc) is 3.42. The Balaban J connectivity index is 1.18. The molecule has 0 spiro atoms. The molecular formula is C27H26F3N5O3. The molecule has 1 aliphatic heterocycles. The van der Waals surface area contributed by atoms with Gasteiger partial charge in [-0.2, -0.15) is 13.2 Å². The van der Waals surface area contributed by atoms with Gasteiger partial charge in [0.1, 0.15) is 18.1 Å². The molecule has 0 N–H and O–H groups in total. The fourth-order valence-electron chi connectivity index (χ4n) is 4.61. The van der Waals surface area contributed by atoms with Crippen molar-refractivity contribution in [3.05, 3.63) is 83.7 Å². The zero-order valence-electron chi connectivity index (χ0n) is 20.7. The zero-order valence-corrected chi connectivity index (χ0v) is 20.7. The number of alkyl halides is 3. The largest absolute Gasteiger partial charge is 0.497 e. The van der Waals surface area contributed by atoms with Gasteiger partial charge in [-0.15, -0.1) is 20.4 Å². The van der Waals surface area contributed by atoms with Crippen LogP contribution >= 0.6 is 0 Å². The first kappa shape index (κ1) is 25.7. The van der Waals surface area contributed by atoms with Crippen LogP contribution in [0.1, 0.15) is 29.9 Å². The maximum absolute atomic E-state index is 14.2. The van der Waals surface area contributed by atoms with Gasteiger partial charge in [-0.1, -0.05) is 42.5 Å². The summed E-state index contributed by atoms with van der Waals surface area (Å²) in [6.07, 6.45) is -4.47. The van der Waals surface area contributed by atoms with Crippen LogP contribution in [0.4, 0.5) is 19.0 Å². The molecule has 1 saturated heterocycles. The summed E-state index contributed by atoms with van der Waals surface area (Å²) in [5.41, 5.74) is -0.225. The molecule has 3 heterocycles. The second kappa shape index (κ2) is 10.8. The van der Waals surface area contributed by atoms with Gasteiger partial charge >= 0.3 is 6.18 Å². The maximum atomic E-state index is 14.2. The summed E-state index contributed by atoms with van der Waals surface area (Å²) in [6.45, 7) is 0.907. The minimum Gasteiger partial charge on any atom is -0.497 e. The lowest BCUT2D eigenvalue weighted by Crippen LogP contribution is -2.51. The number of hydrogen-bond donors (Lipinski definition) is 0. The van der Waals surface area contributed by atoms with Crippen molar-refractivity contribution in [1.29, 1.82) is 0 Å². The van der Waals surface area contributed by atoms with E-state index in [4.69, 9.17) is 13.9 Å². The molecule has 8 nitrogen and oxygen atoms in total. The van der Waals surface area contributed by atoms with Gasteiger partial charge in [0.25, 0.3) is 5.89 Å². The van der Waals surface area contributed by atoms with Crippen molar-refractivity contribution in [1.82, 2.24) is 20.4 Å². The predicted molar refractivity (Wildman–Crippen MR) is 132 cm³/mol. The van der Waals surface area contributed by atoms with Gasteiger partial charge in [0.05, 0.1) is 19.1 Å². The van der Waals surface area contributed by atoms with Gasteiger partial charge in [-0.25, -0.2) is 0 Å². The first-order valence-electron chi connectivity index (χ1n) is 12.1. The van der Waals surface area contributed by atoms with E-state index in [0.29, 0.717) is 29.6 Å². The Bertz CT molecular complexity index is 1320. The molecule has 1 fully saturated rings. The number of ether oxygens (including phenoxy) is 2. The van der Waals surface area contributed by atoms with Crippen molar-refractivity contribution >= 4 is 5.82 Å². The normalized spacial score (nSPS) is 15.4. The lowest BCUT2D eigenvalue weighted by molar-refractivity contribution is -0.196. The number of rotatable bonds is 8. The number of halogens is 3. The summed E-state index contributed by atoms with van der Waals surface area (Å²) in [4.78, 5) is 1.82. The highest BCUT2D eigenvalue weighted by Gasteiger charge is 2.56. The van der Waals surface area contributed by atoms with E-state index in [2.05, 4.69) is 20.4 Å². The molecular weight excluding hydrogens is 499 g/mol. The van der Waals surface area contributed by atoms with Gasteiger partial charge in [0.2, 0.25) is 5.89 Å². The Morgan fingerprint density at radius 1 is 0.868 bits per heavy atom. The third kappa shape index (κ3) is 5.33. The molecule has 0 radical (unpaired) electrons. The Morgan fingerprint density at radius 2 is 1.61 bits per heavy atom. The second-order valence-corrected chi connectivity index (χ2v) is 9.05. The summed E-state index contributed by atoms with van der Waals surface area (Å²) in [7, 11) is 1.61. The predicted octanol–water partition coefficient (Wildman–Crippen LogP) is 5.35. The van der Waals surface area contributed by atoms with Gasteiger partial charge in [0.15, 0.2) is 5.82 Å². The van der Waals surface area contributed by atoms with Crippen molar-refractivity contribution < 1.29 is 27.1 Å². The van der Waals surface area contributed by atoms with Crippen LogP contribution in [0.25, 0.3) is 11.6 Å². The molecule has 0 aliphatic carbocycles. The Kier molecular flexibility index (Phi) is 7.28. The molecule has 38 heavy (non-hydrogen) atoms. The summed E-state index contributed by atoms with van der Waals surface area (Å²) in [6, 6.07) is 19.0. The van der Waals surface area contributed by atoms with Gasteiger partial charge in [-0.3, -0.25) is 0 Å². The van der Waals surface area contributed by atoms with E-state index in [1.807, 2.05) is 29.2 Å². The molecule has 198 valence electrons. The Hall–Kier alpha value is -3.99. The Morgan fingerprint density at radius 3 is 2.24 bits per heavy atom. The number of hydrogen-bond acceptors (Lipinski definition) is 8. The SMILES string of the molecule is COc1ccc(COCc2nnc(-c3ccc(N4CCC(c5ccccc5)(C(F)(F)F)CC4)nn3)o2)cc1. The molecule has 0 amide bonds. The number of aromatic nitrogens is 4. The molecule has 0 atom stereocenters. The highest BCUT2D eigenvalue weighted by Crippen LogP contribution is 2.48. The second-order valence-electron chi connectivity index (χ2n) is 9.05. The number of piperidine rings is 1. The van der Waals surface area contributed by atoms with Crippen LogP contribution in [0.5, 0.6) is 5.75 Å². The van der Waals surface area contributed by atoms with E-state index in [9.17, 15) is 13.2 Å². The standard InChI is InChI=1S/C27H26F3N5O3/c1-36-21-9-7-19(8-10-21)17-37-18-24-33-34-25(38-24)22-11-12-23(32-31-22)35-15-13-26(14-16-35,27(28,29)30)20-5-3-2-4-6-20/h2-12H,13-18H2,1H3. The van der Waals surface area contributed by atoms with Crippen LogP contribution < -0.4 is 9.64 Å². The minimum atomic E-state index is -4.34. The number of methoxy groups -OCH3 is 1. The van der Waals surface area contributed by atoms with E-state index in [0.717, 1.165) is 11.3 Å². The summed E-state index contributed by atoms with van der Waals surface area (Å²) in [5.74, 6) is 1.75. The maximum Gasteiger partial charge on any atom is 0.398 e. The molecule has 5 rings (SSSR count). The van der Waals surface area contributed by atoms with Crippen molar-refractivity contribution in [2.24, 2.45) is 0 Å². The lowest BCUT2D eigenvalue weighted by atomic mass is 9.72. The summed E-state index contributed by atoms with van der Waals surface area (Å²) in [5, 5.41) is 16.4. The summed E-state index contributed by atoms with van der Waals surface area (Å²) < 4.78 is 58.9. The molecule has 4 aromatic rings. The molecule has 2 aromatic heterocycles. The minimum absolute atomic E-state index is 0.0620. The van der Waals surface area contributed by atoms with E-state index in [1.54, 1.807) is 49.6 Å². The lowest BCUT2D eigenvalue weighted by Gasteiger charge is -2.43. The fourth-order valence-corrected chi connectivity index (χ4v) is 4.61. The molecule has 0 bridgehead atoms. The first-order valence-corrected chi connectivity index (χ1v) is 12.1. The van der Waals surface area contributed by atoms with Crippen LogP contribution in [0.2, 0.25) is 0 Å². The highest BCUT2D eigenvalue weighted by molar-refractivity contribution is 5.49. The quantitative estimate of drug-likeness (QED) is 0.304. The van der Waals surface area contributed by atoms with E-state index >= 15 is 0 Å². The molecule has 0 saturated carbocycles. The van der Waals surface area contributed by atoms with Gasteiger partial charge < -0.3 is 18.8 Å². The monoisotopic (exact) mass is 525 g/mol. The van der Waals surface area contributed by atoms with E-state index < -0.39 is 11.6 Å². The van der Waals surface area contributed by atoms with Gasteiger partial charge in [0, 0.05) is 13.1 Å². The number of nitrogens with zero attached hydrogens (tertiary/aromatic N) is 5. The number of anilines is 1. The van der Waals surface area contributed by atoms with Crippen molar-refractivity contribution in [2.75, 3.05) is 25.1 Å². The van der Waals surface area contributed by atoms with Crippen LogP contribution in [-0.4, -0.2) is 46.8 Å². The molecule has 0 unspecified atom stereocenters. The first-order chi connectivity index (χ1) is 18.4. The van der Waals surface area contributed by atoms with Crippen LogP contribution in [0.3, 0.4) is 0 Å².